The van der Waals surface area contributed by atoms with E-state index in [2.05, 4.69) is 53.6 Å². The molecule has 0 amide bonds. The summed E-state index contributed by atoms with van der Waals surface area (Å²) in [6, 6.07) is 6.34. The van der Waals surface area contributed by atoms with Crippen LogP contribution in [0.1, 0.15) is 37.8 Å². The maximum Gasteiger partial charge on any atom is 0.129 e. The van der Waals surface area contributed by atoms with Gasteiger partial charge in [-0.3, -0.25) is 0 Å². The molecule has 0 saturated heterocycles. The van der Waals surface area contributed by atoms with Gasteiger partial charge in [0.1, 0.15) is 12.1 Å². The third-order valence-electron chi connectivity index (χ3n) is 3.13. The molecule has 1 N–H and O–H groups in total. The van der Waals surface area contributed by atoms with Gasteiger partial charge in [0.2, 0.25) is 0 Å². The van der Waals surface area contributed by atoms with E-state index < -0.39 is 0 Å². The van der Waals surface area contributed by atoms with Crippen molar-refractivity contribution >= 4 is 17.2 Å². The fraction of sp³-hybridized carbons (Fsp3) is 0.467. The average molecular weight is 275 g/mol. The van der Waals surface area contributed by atoms with Crippen molar-refractivity contribution in [2.24, 2.45) is 0 Å². The Morgan fingerprint density at radius 3 is 2.84 bits per heavy atom. The lowest BCUT2D eigenvalue weighted by Crippen LogP contribution is -2.26. The van der Waals surface area contributed by atoms with Gasteiger partial charge >= 0.3 is 0 Å². The number of rotatable bonds is 6. The third-order valence-corrected chi connectivity index (χ3v) is 4.37. The van der Waals surface area contributed by atoms with Gasteiger partial charge in [-0.15, -0.1) is 11.3 Å². The van der Waals surface area contributed by atoms with Gasteiger partial charge in [-0.05, 0) is 17.9 Å². The van der Waals surface area contributed by atoms with Crippen LogP contribution in [0.25, 0.3) is 0 Å². The van der Waals surface area contributed by atoms with Crippen LogP contribution in [-0.4, -0.2) is 16.5 Å². The Morgan fingerprint density at radius 1 is 1.32 bits per heavy atom. The van der Waals surface area contributed by atoms with Gasteiger partial charge in [0.05, 0.1) is 0 Å². The molecule has 102 valence electrons. The molecule has 0 aliphatic heterocycles. The molecule has 4 heteroatoms. The van der Waals surface area contributed by atoms with Crippen LogP contribution in [-0.2, 0) is 11.8 Å². The molecule has 2 aromatic rings. The van der Waals surface area contributed by atoms with Crippen molar-refractivity contribution in [2.75, 3.05) is 11.9 Å². The molecule has 2 rings (SSSR count). The SMILES string of the molecule is CCCc1cc(NCC(C)(C)c2cccs2)ncn1. The lowest BCUT2D eigenvalue weighted by molar-refractivity contribution is 0.568. The highest BCUT2D eigenvalue weighted by molar-refractivity contribution is 7.10. The molecule has 0 radical (unpaired) electrons. The summed E-state index contributed by atoms with van der Waals surface area (Å²) >= 11 is 1.80. The summed E-state index contributed by atoms with van der Waals surface area (Å²) in [4.78, 5) is 9.95. The summed E-state index contributed by atoms with van der Waals surface area (Å²) in [7, 11) is 0. The largest absolute Gasteiger partial charge is 0.369 e. The van der Waals surface area contributed by atoms with Crippen molar-refractivity contribution < 1.29 is 0 Å². The summed E-state index contributed by atoms with van der Waals surface area (Å²) < 4.78 is 0. The number of nitrogens with one attached hydrogen (secondary N) is 1. The second-order valence-corrected chi connectivity index (χ2v) is 6.31. The maximum absolute atomic E-state index is 4.29. The van der Waals surface area contributed by atoms with E-state index in [0.717, 1.165) is 30.9 Å². The van der Waals surface area contributed by atoms with Gasteiger partial charge in [-0.2, -0.15) is 0 Å². The van der Waals surface area contributed by atoms with Gasteiger partial charge in [-0.1, -0.05) is 33.3 Å². The Morgan fingerprint density at radius 2 is 2.16 bits per heavy atom. The minimum atomic E-state index is 0.115. The zero-order chi connectivity index (χ0) is 13.7. The normalized spacial score (nSPS) is 11.5. The molecule has 0 atom stereocenters. The molecule has 0 spiro atoms. The first kappa shape index (κ1) is 14.0. The van der Waals surface area contributed by atoms with Crippen LogP contribution in [0.4, 0.5) is 5.82 Å². The quantitative estimate of drug-likeness (QED) is 0.869. The van der Waals surface area contributed by atoms with E-state index in [-0.39, 0.29) is 5.41 Å². The number of thiophene rings is 1. The molecule has 2 aromatic heterocycles. The number of hydrogen-bond acceptors (Lipinski definition) is 4. The molecule has 19 heavy (non-hydrogen) atoms. The highest BCUT2D eigenvalue weighted by atomic mass is 32.1. The van der Waals surface area contributed by atoms with E-state index in [1.54, 1.807) is 17.7 Å². The van der Waals surface area contributed by atoms with E-state index in [9.17, 15) is 0 Å². The van der Waals surface area contributed by atoms with Crippen molar-refractivity contribution in [3.63, 3.8) is 0 Å². The van der Waals surface area contributed by atoms with Gasteiger partial charge in [0.25, 0.3) is 0 Å². The fourth-order valence-corrected chi connectivity index (χ4v) is 2.80. The Hall–Kier alpha value is -1.42. The van der Waals surface area contributed by atoms with Crippen LogP contribution >= 0.6 is 11.3 Å². The second-order valence-electron chi connectivity index (χ2n) is 5.36. The van der Waals surface area contributed by atoms with Gasteiger partial charge < -0.3 is 5.32 Å². The molecule has 0 aliphatic carbocycles. The van der Waals surface area contributed by atoms with E-state index in [1.807, 2.05) is 6.07 Å². The molecule has 2 heterocycles. The molecule has 3 nitrogen and oxygen atoms in total. The van der Waals surface area contributed by atoms with Crippen LogP contribution < -0.4 is 5.32 Å². The fourth-order valence-electron chi connectivity index (χ4n) is 1.95. The topological polar surface area (TPSA) is 37.8 Å². The Kier molecular flexibility index (Phi) is 4.53. The first-order chi connectivity index (χ1) is 9.12. The summed E-state index contributed by atoms with van der Waals surface area (Å²) in [6.45, 7) is 7.53. The predicted molar refractivity (Wildman–Crippen MR) is 81.9 cm³/mol. The van der Waals surface area contributed by atoms with Crippen molar-refractivity contribution in [2.45, 2.75) is 39.0 Å². The number of aryl methyl sites for hydroxylation is 1. The minimum Gasteiger partial charge on any atom is -0.369 e. The smallest absolute Gasteiger partial charge is 0.129 e. The molecule has 0 aromatic carbocycles. The highest BCUT2D eigenvalue weighted by Crippen LogP contribution is 2.27. The van der Waals surface area contributed by atoms with E-state index in [1.165, 1.54) is 4.88 Å². The zero-order valence-electron chi connectivity index (χ0n) is 11.8. The maximum atomic E-state index is 4.29. The van der Waals surface area contributed by atoms with Crippen LogP contribution in [0, 0.1) is 0 Å². The Balaban J connectivity index is 2.00. The first-order valence-corrected chi connectivity index (χ1v) is 7.58. The summed E-state index contributed by atoms with van der Waals surface area (Å²) in [5, 5.41) is 5.55. The molecule has 0 saturated carbocycles. The van der Waals surface area contributed by atoms with Gasteiger partial charge in [0.15, 0.2) is 0 Å². The average Bonchev–Trinajstić information content (AvgIpc) is 2.92. The molecule has 0 bridgehead atoms. The monoisotopic (exact) mass is 275 g/mol. The van der Waals surface area contributed by atoms with Gasteiger partial charge in [0, 0.05) is 28.6 Å². The molecular formula is C15H21N3S. The molecular weight excluding hydrogens is 254 g/mol. The molecule has 0 unspecified atom stereocenters. The summed E-state index contributed by atoms with van der Waals surface area (Å²) in [5.74, 6) is 0.920. The van der Waals surface area contributed by atoms with Crippen LogP contribution in [0.15, 0.2) is 29.9 Å². The first-order valence-electron chi connectivity index (χ1n) is 6.70. The van der Waals surface area contributed by atoms with Crippen molar-refractivity contribution in [1.29, 1.82) is 0 Å². The standard InChI is InChI=1S/C15H21N3S/c1-4-6-12-9-14(18-11-17-12)16-10-15(2,3)13-7-5-8-19-13/h5,7-9,11H,4,6,10H2,1-3H3,(H,16,17,18). The van der Waals surface area contributed by atoms with Crippen molar-refractivity contribution in [3.8, 4) is 0 Å². The second kappa shape index (κ2) is 6.15. The highest BCUT2D eigenvalue weighted by Gasteiger charge is 2.21. The van der Waals surface area contributed by atoms with Crippen LogP contribution in [0.5, 0.6) is 0 Å². The van der Waals surface area contributed by atoms with E-state index in [4.69, 9.17) is 0 Å². The Bertz CT molecular complexity index is 506. The molecule has 0 fully saturated rings. The number of nitrogens with zero attached hydrogens (tertiary/aromatic N) is 2. The lowest BCUT2D eigenvalue weighted by atomic mass is 9.91. The van der Waals surface area contributed by atoms with Crippen LogP contribution in [0.2, 0.25) is 0 Å². The molecule has 0 aliphatic rings. The Labute approximate surface area is 119 Å². The number of anilines is 1. The lowest BCUT2D eigenvalue weighted by Gasteiger charge is -2.24. The minimum absolute atomic E-state index is 0.115. The van der Waals surface area contributed by atoms with Crippen molar-refractivity contribution in [1.82, 2.24) is 9.97 Å². The van der Waals surface area contributed by atoms with E-state index >= 15 is 0 Å². The van der Waals surface area contributed by atoms with Crippen molar-refractivity contribution in [3.05, 3.63) is 40.5 Å². The third kappa shape index (κ3) is 3.77. The number of hydrogen-bond donors (Lipinski definition) is 1. The van der Waals surface area contributed by atoms with E-state index in [0.29, 0.717) is 0 Å². The summed E-state index contributed by atoms with van der Waals surface area (Å²) in [5.41, 5.74) is 1.22. The predicted octanol–water partition coefficient (Wildman–Crippen LogP) is 3.88. The zero-order valence-corrected chi connectivity index (χ0v) is 12.6. The summed E-state index contributed by atoms with van der Waals surface area (Å²) in [6.07, 6.45) is 3.76. The number of aromatic nitrogens is 2. The van der Waals surface area contributed by atoms with Gasteiger partial charge in [-0.25, -0.2) is 9.97 Å². The van der Waals surface area contributed by atoms with Crippen LogP contribution in [0.3, 0.4) is 0 Å².